The fourth-order valence-corrected chi connectivity index (χ4v) is 1.81. The zero-order chi connectivity index (χ0) is 14.5. The molecule has 19 heavy (non-hydrogen) atoms. The lowest BCUT2D eigenvalue weighted by molar-refractivity contribution is -0.137. The van der Waals surface area contributed by atoms with E-state index in [1.165, 1.54) is 12.1 Å². The van der Waals surface area contributed by atoms with E-state index in [1.807, 2.05) is 20.8 Å². The highest BCUT2D eigenvalue weighted by Crippen LogP contribution is 2.29. The van der Waals surface area contributed by atoms with Crippen molar-refractivity contribution in [1.82, 2.24) is 5.32 Å². The van der Waals surface area contributed by atoms with Crippen molar-refractivity contribution >= 4 is 0 Å². The summed E-state index contributed by atoms with van der Waals surface area (Å²) in [5.41, 5.74) is -0.325. The largest absolute Gasteiger partial charge is 0.416 e. The van der Waals surface area contributed by atoms with Gasteiger partial charge in [-0.15, -0.1) is 0 Å². The second kappa shape index (κ2) is 6.39. The fraction of sp³-hybridized carbons (Fsp3) is 0.571. The van der Waals surface area contributed by atoms with Gasteiger partial charge in [-0.2, -0.15) is 13.2 Å². The lowest BCUT2D eigenvalue weighted by Gasteiger charge is -2.25. The highest BCUT2D eigenvalue weighted by atomic mass is 19.4. The molecule has 0 bridgehead atoms. The monoisotopic (exact) mass is 275 g/mol. The van der Waals surface area contributed by atoms with Crippen molar-refractivity contribution in [2.45, 2.75) is 39.1 Å². The van der Waals surface area contributed by atoms with Gasteiger partial charge in [-0.1, -0.05) is 18.2 Å². The Balaban J connectivity index is 2.55. The van der Waals surface area contributed by atoms with Gasteiger partial charge in [0.05, 0.1) is 11.2 Å². The summed E-state index contributed by atoms with van der Waals surface area (Å²) in [6.07, 6.45) is -4.29. The second-order valence-corrected chi connectivity index (χ2v) is 4.99. The molecular weight excluding hydrogens is 255 g/mol. The first-order chi connectivity index (χ1) is 8.74. The van der Waals surface area contributed by atoms with Gasteiger partial charge in [0, 0.05) is 19.7 Å². The molecule has 0 radical (unpaired) electrons. The molecule has 1 aromatic rings. The molecule has 0 amide bonds. The molecule has 5 heteroatoms. The summed E-state index contributed by atoms with van der Waals surface area (Å²) < 4.78 is 43.1. The lowest BCUT2D eigenvalue weighted by Crippen LogP contribution is -2.37. The normalized spacial score (nSPS) is 12.7. The summed E-state index contributed by atoms with van der Waals surface area (Å²) in [6.45, 7) is 7.37. The molecule has 0 atom stereocenters. The SMILES string of the molecule is CCOC(C)(C)CNCc1cccc(C(F)(F)F)c1. The Morgan fingerprint density at radius 2 is 1.89 bits per heavy atom. The van der Waals surface area contributed by atoms with Crippen molar-refractivity contribution in [3.05, 3.63) is 35.4 Å². The van der Waals surface area contributed by atoms with Crippen molar-refractivity contribution in [3.8, 4) is 0 Å². The van der Waals surface area contributed by atoms with Crippen LogP contribution < -0.4 is 5.32 Å². The van der Waals surface area contributed by atoms with Crippen LogP contribution >= 0.6 is 0 Å². The van der Waals surface area contributed by atoms with Crippen molar-refractivity contribution in [2.24, 2.45) is 0 Å². The Kier molecular flexibility index (Phi) is 5.38. The first kappa shape index (κ1) is 16.0. The Hall–Kier alpha value is -1.07. The number of halogens is 3. The smallest absolute Gasteiger partial charge is 0.375 e. The molecule has 0 aliphatic carbocycles. The maximum absolute atomic E-state index is 12.5. The molecule has 1 rings (SSSR count). The Morgan fingerprint density at radius 3 is 2.47 bits per heavy atom. The first-order valence-corrected chi connectivity index (χ1v) is 6.25. The number of hydrogen-bond acceptors (Lipinski definition) is 2. The molecule has 1 N–H and O–H groups in total. The molecule has 0 spiro atoms. The molecule has 1 aromatic carbocycles. The molecule has 2 nitrogen and oxygen atoms in total. The van der Waals surface area contributed by atoms with Crippen LogP contribution in [0.2, 0.25) is 0 Å². The summed E-state index contributed by atoms with van der Waals surface area (Å²) in [5.74, 6) is 0. The molecular formula is C14H20F3NO. The highest BCUT2D eigenvalue weighted by molar-refractivity contribution is 5.25. The summed E-state index contributed by atoms with van der Waals surface area (Å²) in [4.78, 5) is 0. The molecule has 108 valence electrons. The van der Waals surface area contributed by atoms with Gasteiger partial charge in [-0.05, 0) is 32.4 Å². The van der Waals surface area contributed by atoms with Crippen LogP contribution in [0.15, 0.2) is 24.3 Å². The first-order valence-electron chi connectivity index (χ1n) is 6.25. The van der Waals surface area contributed by atoms with Crippen LogP contribution in [0.25, 0.3) is 0 Å². The minimum Gasteiger partial charge on any atom is -0.375 e. The maximum atomic E-state index is 12.5. The van der Waals surface area contributed by atoms with Crippen LogP contribution in [0.4, 0.5) is 13.2 Å². The van der Waals surface area contributed by atoms with Crippen LogP contribution in [0.1, 0.15) is 31.9 Å². The second-order valence-electron chi connectivity index (χ2n) is 4.99. The van der Waals surface area contributed by atoms with E-state index in [0.29, 0.717) is 25.3 Å². The molecule has 0 aliphatic heterocycles. The zero-order valence-electron chi connectivity index (χ0n) is 11.5. The molecule has 0 saturated heterocycles. The quantitative estimate of drug-likeness (QED) is 0.856. The summed E-state index contributed by atoms with van der Waals surface area (Å²) >= 11 is 0. The Bertz CT molecular complexity index is 402. The molecule has 0 aliphatic rings. The van der Waals surface area contributed by atoms with E-state index in [9.17, 15) is 13.2 Å². The van der Waals surface area contributed by atoms with Gasteiger partial charge in [-0.3, -0.25) is 0 Å². The van der Waals surface area contributed by atoms with Gasteiger partial charge < -0.3 is 10.1 Å². The molecule has 0 fully saturated rings. The highest BCUT2D eigenvalue weighted by Gasteiger charge is 2.30. The van der Waals surface area contributed by atoms with Crippen LogP contribution in [0, 0.1) is 0 Å². The van der Waals surface area contributed by atoms with Crippen LogP contribution in [0.5, 0.6) is 0 Å². The van der Waals surface area contributed by atoms with Gasteiger partial charge in [0.1, 0.15) is 0 Å². The standard InChI is InChI=1S/C14H20F3NO/c1-4-19-13(2,3)10-18-9-11-6-5-7-12(8-11)14(15,16)17/h5-8,18H,4,9-10H2,1-3H3. The number of rotatable bonds is 6. The number of hydrogen-bond donors (Lipinski definition) is 1. The van der Waals surface area contributed by atoms with Gasteiger partial charge in [0.2, 0.25) is 0 Å². The van der Waals surface area contributed by atoms with E-state index >= 15 is 0 Å². The van der Waals surface area contributed by atoms with Crippen molar-refractivity contribution in [3.63, 3.8) is 0 Å². The van der Waals surface area contributed by atoms with E-state index in [2.05, 4.69) is 5.32 Å². The third kappa shape index (κ3) is 5.61. The summed E-state index contributed by atoms with van der Waals surface area (Å²) in [6, 6.07) is 5.34. The topological polar surface area (TPSA) is 21.3 Å². The predicted molar refractivity (Wildman–Crippen MR) is 68.9 cm³/mol. The minimum atomic E-state index is -4.29. The number of nitrogens with one attached hydrogen (secondary N) is 1. The van der Waals surface area contributed by atoms with Gasteiger partial charge in [-0.25, -0.2) is 0 Å². The van der Waals surface area contributed by atoms with Crippen LogP contribution in [0.3, 0.4) is 0 Å². The van der Waals surface area contributed by atoms with Gasteiger partial charge in [0.25, 0.3) is 0 Å². The zero-order valence-corrected chi connectivity index (χ0v) is 11.5. The molecule has 0 saturated carbocycles. The number of ether oxygens (including phenoxy) is 1. The summed E-state index contributed by atoms with van der Waals surface area (Å²) in [7, 11) is 0. The lowest BCUT2D eigenvalue weighted by atomic mass is 10.1. The fourth-order valence-electron chi connectivity index (χ4n) is 1.81. The van der Waals surface area contributed by atoms with Crippen molar-refractivity contribution in [2.75, 3.05) is 13.2 Å². The van der Waals surface area contributed by atoms with Crippen LogP contribution in [-0.2, 0) is 17.5 Å². The number of alkyl halides is 3. The third-order valence-electron chi connectivity index (χ3n) is 2.67. The van der Waals surface area contributed by atoms with E-state index in [0.717, 1.165) is 6.07 Å². The minimum absolute atomic E-state index is 0.323. The maximum Gasteiger partial charge on any atom is 0.416 e. The number of benzene rings is 1. The Morgan fingerprint density at radius 1 is 1.21 bits per heavy atom. The summed E-state index contributed by atoms with van der Waals surface area (Å²) in [5, 5.41) is 3.11. The third-order valence-corrected chi connectivity index (χ3v) is 2.67. The average molecular weight is 275 g/mol. The predicted octanol–water partition coefficient (Wildman–Crippen LogP) is 3.61. The van der Waals surface area contributed by atoms with Crippen molar-refractivity contribution in [1.29, 1.82) is 0 Å². The van der Waals surface area contributed by atoms with Crippen LogP contribution in [-0.4, -0.2) is 18.8 Å². The van der Waals surface area contributed by atoms with Gasteiger partial charge >= 0.3 is 6.18 Å². The molecule has 0 aromatic heterocycles. The van der Waals surface area contributed by atoms with Crippen molar-refractivity contribution < 1.29 is 17.9 Å². The Labute approximate surface area is 112 Å². The van der Waals surface area contributed by atoms with E-state index < -0.39 is 11.7 Å². The van der Waals surface area contributed by atoms with E-state index in [-0.39, 0.29) is 5.60 Å². The average Bonchev–Trinajstić information content (AvgIpc) is 2.28. The van der Waals surface area contributed by atoms with E-state index in [1.54, 1.807) is 6.07 Å². The van der Waals surface area contributed by atoms with Gasteiger partial charge in [0.15, 0.2) is 0 Å². The molecule has 0 heterocycles. The van der Waals surface area contributed by atoms with E-state index in [4.69, 9.17) is 4.74 Å². The molecule has 0 unspecified atom stereocenters.